The second-order valence-electron chi connectivity index (χ2n) is 5.71. The topological polar surface area (TPSA) is 38.0 Å². The van der Waals surface area contributed by atoms with Gasteiger partial charge in [-0.1, -0.05) is 36.4 Å². The van der Waals surface area contributed by atoms with E-state index in [2.05, 4.69) is 29.7 Å². The summed E-state index contributed by atoms with van der Waals surface area (Å²) in [5.41, 5.74) is 4.09. The first kappa shape index (κ1) is 15.2. The molecular formula is C20H20N2O. The molecule has 3 aromatic rings. The molecule has 0 radical (unpaired) electrons. The van der Waals surface area contributed by atoms with Crippen LogP contribution in [0.3, 0.4) is 0 Å². The van der Waals surface area contributed by atoms with Crippen molar-refractivity contribution in [1.82, 2.24) is 4.57 Å². The molecule has 0 bridgehead atoms. The van der Waals surface area contributed by atoms with Crippen molar-refractivity contribution in [2.45, 2.75) is 26.8 Å². The molecule has 0 saturated carbocycles. The third-order valence-electron chi connectivity index (χ3n) is 4.22. The molecule has 2 aromatic carbocycles. The molecule has 3 rings (SSSR count). The monoisotopic (exact) mass is 304 g/mol. The van der Waals surface area contributed by atoms with Gasteiger partial charge in [0.25, 0.3) is 0 Å². The highest BCUT2D eigenvalue weighted by Gasteiger charge is 2.12. The molecule has 0 atom stereocenters. The molecule has 1 aromatic heterocycles. The molecule has 0 aliphatic carbocycles. The Morgan fingerprint density at radius 1 is 1.04 bits per heavy atom. The SMILES string of the molecule is Cc1ccccc1OCCCn1c(C)c(C#N)c2ccccc21. The first-order valence-electron chi connectivity index (χ1n) is 7.88. The van der Waals surface area contributed by atoms with Gasteiger partial charge < -0.3 is 9.30 Å². The molecule has 0 aliphatic rings. The lowest BCUT2D eigenvalue weighted by Crippen LogP contribution is -2.06. The molecule has 0 unspecified atom stereocenters. The second kappa shape index (κ2) is 6.58. The predicted molar refractivity (Wildman–Crippen MR) is 92.7 cm³/mol. The smallest absolute Gasteiger partial charge is 0.122 e. The summed E-state index contributed by atoms with van der Waals surface area (Å²) in [6, 6.07) is 18.5. The minimum atomic E-state index is 0.665. The third-order valence-corrected chi connectivity index (χ3v) is 4.22. The van der Waals surface area contributed by atoms with E-state index in [1.54, 1.807) is 0 Å². The van der Waals surface area contributed by atoms with Crippen molar-refractivity contribution in [2.75, 3.05) is 6.61 Å². The maximum Gasteiger partial charge on any atom is 0.122 e. The minimum absolute atomic E-state index is 0.665. The summed E-state index contributed by atoms with van der Waals surface area (Å²) in [5, 5.41) is 10.4. The van der Waals surface area contributed by atoms with E-state index in [1.165, 1.54) is 0 Å². The van der Waals surface area contributed by atoms with E-state index in [1.807, 2.05) is 43.3 Å². The van der Waals surface area contributed by atoms with Crippen LogP contribution in [-0.4, -0.2) is 11.2 Å². The van der Waals surface area contributed by atoms with E-state index in [9.17, 15) is 5.26 Å². The standard InChI is InChI=1S/C20H20N2O/c1-15-8-3-6-11-20(15)23-13-7-12-22-16(2)18(14-21)17-9-4-5-10-19(17)22/h3-6,8-11H,7,12-13H2,1-2H3. The van der Waals surface area contributed by atoms with Crippen molar-refractivity contribution in [3.63, 3.8) is 0 Å². The van der Waals surface area contributed by atoms with Crippen LogP contribution in [0.5, 0.6) is 5.75 Å². The fraction of sp³-hybridized carbons (Fsp3) is 0.250. The molecule has 0 saturated heterocycles. The van der Waals surface area contributed by atoms with E-state index in [0.717, 1.165) is 46.4 Å². The summed E-state index contributed by atoms with van der Waals surface area (Å²) in [7, 11) is 0. The van der Waals surface area contributed by atoms with Crippen molar-refractivity contribution >= 4 is 10.9 Å². The van der Waals surface area contributed by atoms with E-state index >= 15 is 0 Å². The number of rotatable bonds is 5. The Morgan fingerprint density at radius 2 is 1.78 bits per heavy atom. The van der Waals surface area contributed by atoms with Crippen LogP contribution in [0.15, 0.2) is 48.5 Å². The van der Waals surface area contributed by atoms with Crippen molar-refractivity contribution in [3.8, 4) is 11.8 Å². The van der Waals surface area contributed by atoms with Crippen LogP contribution >= 0.6 is 0 Å². The van der Waals surface area contributed by atoms with Gasteiger partial charge >= 0.3 is 0 Å². The van der Waals surface area contributed by atoms with Gasteiger partial charge in [0.15, 0.2) is 0 Å². The number of hydrogen-bond acceptors (Lipinski definition) is 2. The normalized spacial score (nSPS) is 10.7. The van der Waals surface area contributed by atoms with Crippen molar-refractivity contribution in [2.24, 2.45) is 0 Å². The van der Waals surface area contributed by atoms with Gasteiger partial charge in [0, 0.05) is 23.1 Å². The molecule has 0 fully saturated rings. The third kappa shape index (κ3) is 2.93. The number of nitriles is 1. The van der Waals surface area contributed by atoms with Crippen LogP contribution in [0, 0.1) is 25.2 Å². The van der Waals surface area contributed by atoms with Crippen molar-refractivity contribution in [3.05, 3.63) is 65.4 Å². The summed E-state index contributed by atoms with van der Waals surface area (Å²) in [5.74, 6) is 0.944. The minimum Gasteiger partial charge on any atom is -0.493 e. The molecule has 0 spiro atoms. The molecular weight excluding hydrogens is 284 g/mol. The zero-order valence-corrected chi connectivity index (χ0v) is 13.5. The fourth-order valence-electron chi connectivity index (χ4n) is 2.98. The summed E-state index contributed by atoms with van der Waals surface area (Å²) >= 11 is 0. The first-order chi connectivity index (χ1) is 11.2. The number of aromatic nitrogens is 1. The lowest BCUT2D eigenvalue weighted by atomic mass is 10.1. The maximum atomic E-state index is 9.39. The summed E-state index contributed by atoms with van der Waals surface area (Å²) < 4.78 is 8.08. The van der Waals surface area contributed by atoms with Gasteiger partial charge in [0.05, 0.1) is 12.2 Å². The number of benzene rings is 2. The Kier molecular flexibility index (Phi) is 4.34. The van der Waals surface area contributed by atoms with Gasteiger partial charge in [-0.3, -0.25) is 0 Å². The van der Waals surface area contributed by atoms with Gasteiger partial charge in [0.1, 0.15) is 11.8 Å². The molecule has 3 heteroatoms. The zero-order chi connectivity index (χ0) is 16.2. The largest absolute Gasteiger partial charge is 0.493 e. The average Bonchev–Trinajstić information content (AvgIpc) is 2.84. The van der Waals surface area contributed by atoms with Gasteiger partial charge in [-0.2, -0.15) is 5.26 Å². The second-order valence-corrected chi connectivity index (χ2v) is 5.71. The van der Waals surface area contributed by atoms with Crippen molar-refractivity contribution < 1.29 is 4.74 Å². The molecule has 0 N–H and O–H groups in total. The fourth-order valence-corrected chi connectivity index (χ4v) is 2.98. The van der Waals surface area contributed by atoms with Crippen LogP contribution in [0.25, 0.3) is 10.9 Å². The molecule has 23 heavy (non-hydrogen) atoms. The Balaban J connectivity index is 1.72. The van der Waals surface area contributed by atoms with E-state index in [0.29, 0.717) is 6.61 Å². The lowest BCUT2D eigenvalue weighted by Gasteiger charge is -2.11. The van der Waals surface area contributed by atoms with Gasteiger partial charge in [-0.05, 0) is 38.0 Å². The van der Waals surface area contributed by atoms with Crippen LogP contribution in [0.1, 0.15) is 23.2 Å². The van der Waals surface area contributed by atoms with Crippen LogP contribution in [0.2, 0.25) is 0 Å². The quantitative estimate of drug-likeness (QED) is 0.646. The Bertz CT molecular complexity index is 871. The zero-order valence-electron chi connectivity index (χ0n) is 13.5. The Morgan fingerprint density at radius 3 is 2.57 bits per heavy atom. The van der Waals surface area contributed by atoms with E-state index in [4.69, 9.17) is 4.74 Å². The molecule has 0 amide bonds. The van der Waals surface area contributed by atoms with Gasteiger partial charge in [-0.15, -0.1) is 0 Å². The lowest BCUT2D eigenvalue weighted by molar-refractivity contribution is 0.300. The average molecular weight is 304 g/mol. The summed E-state index contributed by atoms with van der Waals surface area (Å²) in [6.07, 6.45) is 0.902. The molecule has 116 valence electrons. The molecule has 3 nitrogen and oxygen atoms in total. The molecule has 1 heterocycles. The number of ether oxygens (including phenoxy) is 1. The van der Waals surface area contributed by atoms with Crippen LogP contribution in [-0.2, 0) is 6.54 Å². The Labute approximate surface area is 136 Å². The highest BCUT2D eigenvalue weighted by molar-refractivity contribution is 5.87. The van der Waals surface area contributed by atoms with E-state index in [-0.39, 0.29) is 0 Å². The molecule has 0 aliphatic heterocycles. The van der Waals surface area contributed by atoms with E-state index < -0.39 is 0 Å². The number of hydrogen-bond donors (Lipinski definition) is 0. The van der Waals surface area contributed by atoms with Gasteiger partial charge in [-0.25, -0.2) is 0 Å². The first-order valence-corrected chi connectivity index (χ1v) is 7.88. The summed E-state index contributed by atoms with van der Waals surface area (Å²) in [6.45, 7) is 5.58. The van der Waals surface area contributed by atoms with Crippen molar-refractivity contribution in [1.29, 1.82) is 5.26 Å². The van der Waals surface area contributed by atoms with Gasteiger partial charge in [0.2, 0.25) is 0 Å². The maximum absolute atomic E-state index is 9.39. The predicted octanol–water partition coefficient (Wildman–Crippen LogP) is 4.60. The number of nitrogens with zero attached hydrogens (tertiary/aromatic N) is 2. The number of aryl methyl sites for hydroxylation is 2. The Hall–Kier alpha value is -2.73. The number of fused-ring (bicyclic) bond motifs is 1. The van der Waals surface area contributed by atoms with Crippen LogP contribution < -0.4 is 4.74 Å². The summed E-state index contributed by atoms with van der Waals surface area (Å²) in [4.78, 5) is 0. The number of para-hydroxylation sites is 2. The van der Waals surface area contributed by atoms with Crippen LogP contribution in [0.4, 0.5) is 0 Å². The highest BCUT2D eigenvalue weighted by Crippen LogP contribution is 2.25. The highest BCUT2D eigenvalue weighted by atomic mass is 16.5.